The van der Waals surface area contributed by atoms with Crippen LogP contribution in [0.1, 0.15) is 37.7 Å². The van der Waals surface area contributed by atoms with Crippen LogP contribution in [-0.2, 0) is 5.33 Å². The summed E-state index contributed by atoms with van der Waals surface area (Å²) in [6.07, 6.45) is 6.43. The van der Waals surface area contributed by atoms with Gasteiger partial charge in [0.05, 0.1) is 5.69 Å². The molecule has 0 N–H and O–H groups in total. The zero-order chi connectivity index (χ0) is 12.5. The summed E-state index contributed by atoms with van der Waals surface area (Å²) in [7, 11) is 0. The smallest absolute Gasteiger partial charge is 0.146 e. The van der Waals surface area contributed by atoms with E-state index in [9.17, 15) is 4.39 Å². The van der Waals surface area contributed by atoms with E-state index in [2.05, 4.69) is 20.8 Å². The second kappa shape index (κ2) is 5.20. The maximum Gasteiger partial charge on any atom is 0.146 e. The molecule has 18 heavy (non-hydrogen) atoms. The van der Waals surface area contributed by atoms with Crippen molar-refractivity contribution in [1.29, 1.82) is 0 Å². The molecule has 2 aliphatic rings. The molecule has 1 aromatic rings. The van der Waals surface area contributed by atoms with Gasteiger partial charge in [-0.3, -0.25) is 0 Å². The molecule has 2 unspecified atom stereocenters. The Morgan fingerprint density at radius 2 is 2.06 bits per heavy atom. The van der Waals surface area contributed by atoms with Gasteiger partial charge in [-0.15, -0.1) is 0 Å². The SMILES string of the molecule is Fc1cc(CBr)ccc1N1CCCC2CCCC21. The van der Waals surface area contributed by atoms with E-state index in [4.69, 9.17) is 0 Å². The fourth-order valence-electron chi connectivity index (χ4n) is 3.62. The molecule has 0 radical (unpaired) electrons. The van der Waals surface area contributed by atoms with Crippen molar-refractivity contribution < 1.29 is 4.39 Å². The highest BCUT2D eigenvalue weighted by atomic mass is 79.9. The van der Waals surface area contributed by atoms with E-state index >= 15 is 0 Å². The number of piperidine rings is 1. The van der Waals surface area contributed by atoms with E-state index in [1.54, 1.807) is 6.07 Å². The van der Waals surface area contributed by atoms with Gasteiger partial charge in [0.25, 0.3) is 0 Å². The minimum absolute atomic E-state index is 0.0560. The highest BCUT2D eigenvalue weighted by Crippen LogP contribution is 2.39. The lowest BCUT2D eigenvalue weighted by Crippen LogP contribution is -2.43. The Kier molecular flexibility index (Phi) is 3.60. The Labute approximate surface area is 116 Å². The van der Waals surface area contributed by atoms with E-state index < -0.39 is 0 Å². The average Bonchev–Trinajstić information content (AvgIpc) is 2.87. The minimum Gasteiger partial charge on any atom is -0.366 e. The first-order valence-corrected chi connectivity index (χ1v) is 8.03. The largest absolute Gasteiger partial charge is 0.366 e. The van der Waals surface area contributed by atoms with Gasteiger partial charge in [0.2, 0.25) is 0 Å². The molecule has 0 aromatic heterocycles. The number of halogens is 2. The molecule has 1 aliphatic carbocycles. The van der Waals surface area contributed by atoms with E-state index in [1.165, 1.54) is 32.1 Å². The van der Waals surface area contributed by atoms with Crippen molar-refractivity contribution in [3.63, 3.8) is 0 Å². The summed E-state index contributed by atoms with van der Waals surface area (Å²) in [6.45, 7) is 1.02. The molecule has 3 rings (SSSR count). The van der Waals surface area contributed by atoms with E-state index in [0.29, 0.717) is 6.04 Å². The van der Waals surface area contributed by atoms with E-state index in [0.717, 1.165) is 29.0 Å². The molecule has 3 heteroatoms. The molecule has 0 amide bonds. The number of benzene rings is 1. The van der Waals surface area contributed by atoms with Gasteiger partial charge in [0, 0.05) is 17.9 Å². The Bertz CT molecular complexity index is 435. The molecule has 1 heterocycles. The molecule has 1 saturated heterocycles. The summed E-state index contributed by atoms with van der Waals surface area (Å²) in [5.41, 5.74) is 1.83. The van der Waals surface area contributed by atoms with E-state index in [1.807, 2.05) is 12.1 Å². The van der Waals surface area contributed by atoms with Crippen LogP contribution >= 0.6 is 15.9 Å². The standard InChI is InChI=1S/C15H19BrFN/c16-10-11-6-7-15(13(17)9-11)18-8-2-4-12-3-1-5-14(12)18/h6-7,9,12,14H,1-5,8,10H2. The Morgan fingerprint density at radius 3 is 2.83 bits per heavy atom. The van der Waals surface area contributed by atoms with Crippen LogP contribution in [0.2, 0.25) is 0 Å². The van der Waals surface area contributed by atoms with Gasteiger partial charge in [0.15, 0.2) is 0 Å². The van der Waals surface area contributed by atoms with Crippen LogP contribution in [0.15, 0.2) is 18.2 Å². The van der Waals surface area contributed by atoms with Crippen LogP contribution in [0.4, 0.5) is 10.1 Å². The van der Waals surface area contributed by atoms with Gasteiger partial charge >= 0.3 is 0 Å². The van der Waals surface area contributed by atoms with Crippen molar-refractivity contribution in [2.45, 2.75) is 43.5 Å². The summed E-state index contributed by atoms with van der Waals surface area (Å²) in [6, 6.07) is 6.25. The second-order valence-electron chi connectivity index (χ2n) is 5.51. The molecule has 1 saturated carbocycles. The lowest BCUT2D eigenvalue weighted by Gasteiger charge is -2.39. The number of hydrogen-bond donors (Lipinski definition) is 0. The number of alkyl halides is 1. The van der Waals surface area contributed by atoms with Gasteiger partial charge < -0.3 is 4.90 Å². The molecule has 2 atom stereocenters. The van der Waals surface area contributed by atoms with Crippen LogP contribution in [0.25, 0.3) is 0 Å². The van der Waals surface area contributed by atoms with Crippen molar-refractivity contribution in [3.8, 4) is 0 Å². The number of nitrogens with zero attached hydrogens (tertiary/aromatic N) is 1. The third kappa shape index (κ3) is 2.18. The monoisotopic (exact) mass is 311 g/mol. The fourth-order valence-corrected chi connectivity index (χ4v) is 3.97. The Hall–Kier alpha value is -0.570. The quantitative estimate of drug-likeness (QED) is 0.727. The predicted octanol–water partition coefficient (Wildman–Crippen LogP) is 4.49. The lowest BCUT2D eigenvalue weighted by atomic mass is 9.91. The minimum atomic E-state index is -0.0560. The lowest BCUT2D eigenvalue weighted by molar-refractivity contribution is 0.359. The fraction of sp³-hybridized carbons (Fsp3) is 0.600. The summed E-state index contributed by atoms with van der Waals surface area (Å²) < 4.78 is 14.2. The van der Waals surface area contributed by atoms with Gasteiger partial charge in [-0.05, 0) is 49.3 Å². The number of rotatable bonds is 2. The van der Waals surface area contributed by atoms with Crippen molar-refractivity contribution in [2.75, 3.05) is 11.4 Å². The normalized spacial score (nSPS) is 27.3. The van der Waals surface area contributed by atoms with Gasteiger partial charge in [-0.25, -0.2) is 4.39 Å². The van der Waals surface area contributed by atoms with Crippen molar-refractivity contribution in [3.05, 3.63) is 29.6 Å². The third-order valence-corrected chi connectivity index (χ3v) is 5.12. The van der Waals surface area contributed by atoms with Crippen LogP contribution < -0.4 is 4.90 Å². The van der Waals surface area contributed by atoms with Gasteiger partial charge in [0.1, 0.15) is 5.82 Å². The first-order valence-electron chi connectivity index (χ1n) is 6.90. The molecule has 0 spiro atoms. The molecule has 1 aliphatic heterocycles. The zero-order valence-corrected chi connectivity index (χ0v) is 12.1. The Balaban J connectivity index is 1.89. The zero-order valence-electron chi connectivity index (χ0n) is 10.5. The molecule has 1 aromatic carbocycles. The Morgan fingerprint density at radius 1 is 1.22 bits per heavy atom. The predicted molar refractivity (Wildman–Crippen MR) is 76.7 cm³/mol. The molecule has 0 bridgehead atoms. The second-order valence-corrected chi connectivity index (χ2v) is 6.07. The van der Waals surface area contributed by atoms with Crippen LogP contribution in [0.5, 0.6) is 0 Å². The summed E-state index contributed by atoms with van der Waals surface area (Å²) >= 11 is 3.38. The van der Waals surface area contributed by atoms with Gasteiger partial charge in [-0.1, -0.05) is 28.4 Å². The highest BCUT2D eigenvalue weighted by Gasteiger charge is 2.35. The van der Waals surface area contributed by atoms with Crippen molar-refractivity contribution >= 4 is 21.6 Å². The number of anilines is 1. The highest BCUT2D eigenvalue weighted by molar-refractivity contribution is 9.08. The number of hydrogen-bond acceptors (Lipinski definition) is 1. The van der Waals surface area contributed by atoms with Crippen molar-refractivity contribution in [1.82, 2.24) is 0 Å². The molecular weight excluding hydrogens is 293 g/mol. The molecule has 98 valence electrons. The average molecular weight is 312 g/mol. The maximum atomic E-state index is 14.2. The molecular formula is C15H19BrFN. The topological polar surface area (TPSA) is 3.24 Å². The van der Waals surface area contributed by atoms with Crippen LogP contribution in [-0.4, -0.2) is 12.6 Å². The first-order chi connectivity index (χ1) is 8.79. The van der Waals surface area contributed by atoms with E-state index in [-0.39, 0.29) is 5.82 Å². The van der Waals surface area contributed by atoms with Crippen molar-refractivity contribution in [2.24, 2.45) is 5.92 Å². The summed E-state index contributed by atoms with van der Waals surface area (Å²) in [4.78, 5) is 2.33. The van der Waals surface area contributed by atoms with Crippen LogP contribution in [0, 0.1) is 11.7 Å². The van der Waals surface area contributed by atoms with Crippen LogP contribution in [0.3, 0.4) is 0 Å². The third-order valence-electron chi connectivity index (χ3n) is 4.47. The summed E-state index contributed by atoms with van der Waals surface area (Å²) in [5, 5.41) is 0.719. The first kappa shape index (κ1) is 12.5. The van der Waals surface area contributed by atoms with Gasteiger partial charge in [-0.2, -0.15) is 0 Å². The molecule has 2 fully saturated rings. The number of fused-ring (bicyclic) bond motifs is 1. The summed E-state index contributed by atoms with van der Waals surface area (Å²) in [5.74, 6) is 0.744. The molecule has 1 nitrogen and oxygen atoms in total. The maximum absolute atomic E-state index is 14.2.